The first kappa shape index (κ1) is 16.5. The SMILES string of the molecule is COC(=O)c1ccc(N=Cc2cc(OC)c(OC)cc2C)cc1. The highest BCUT2D eigenvalue weighted by atomic mass is 16.5. The lowest BCUT2D eigenvalue weighted by atomic mass is 10.1. The Labute approximate surface area is 135 Å². The van der Waals surface area contributed by atoms with Crippen molar-refractivity contribution in [2.45, 2.75) is 6.92 Å². The van der Waals surface area contributed by atoms with E-state index in [2.05, 4.69) is 9.73 Å². The molecule has 0 fully saturated rings. The fraction of sp³-hybridized carbons (Fsp3) is 0.222. The van der Waals surface area contributed by atoms with Crippen LogP contribution in [0.4, 0.5) is 5.69 Å². The van der Waals surface area contributed by atoms with Crippen LogP contribution in [-0.2, 0) is 4.74 Å². The Morgan fingerprint density at radius 1 is 1.00 bits per heavy atom. The summed E-state index contributed by atoms with van der Waals surface area (Å²) in [6, 6.07) is 10.7. The summed E-state index contributed by atoms with van der Waals surface area (Å²) in [5, 5.41) is 0. The van der Waals surface area contributed by atoms with Gasteiger partial charge in [0.05, 0.1) is 32.6 Å². The summed E-state index contributed by atoms with van der Waals surface area (Å²) < 4.78 is 15.2. The van der Waals surface area contributed by atoms with Crippen molar-refractivity contribution in [1.82, 2.24) is 0 Å². The molecule has 0 aliphatic carbocycles. The summed E-state index contributed by atoms with van der Waals surface area (Å²) >= 11 is 0. The Balaban J connectivity index is 2.24. The maximum atomic E-state index is 11.4. The minimum absolute atomic E-state index is 0.365. The van der Waals surface area contributed by atoms with Gasteiger partial charge in [-0.15, -0.1) is 0 Å². The molecule has 0 N–H and O–H groups in total. The number of esters is 1. The molecule has 2 rings (SSSR count). The Morgan fingerprint density at radius 3 is 2.17 bits per heavy atom. The highest BCUT2D eigenvalue weighted by Gasteiger charge is 2.07. The number of hydrogen-bond donors (Lipinski definition) is 0. The number of carbonyl (C=O) groups is 1. The van der Waals surface area contributed by atoms with E-state index in [-0.39, 0.29) is 5.97 Å². The van der Waals surface area contributed by atoms with E-state index in [1.54, 1.807) is 44.7 Å². The fourth-order valence-corrected chi connectivity index (χ4v) is 2.08. The van der Waals surface area contributed by atoms with Crippen LogP contribution in [0.1, 0.15) is 21.5 Å². The molecule has 0 spiro atoms. The summed E-state index contributed by atoms with van der Waals surface area (Å²) in [4.78, 5) is 15.8. The largest absolute Gasteiger partial charge is 0.493 e. The predicted octanol–water partition coefficient (Wildman–Crippen LogP) is 3.55. The second-order valence-electron chi connectivity index (χ2n) is 4.86. The molecule has 0 saturated heterocycles. The van der Waals surface area contributed by atoms with Crippen LogP contribution in [0.5, 0.6) is 11.5 Å². The number of methoxy groups -OCH3 is 3. The van der Waals surface area contributed by atoms with Crippen LogP contribution in [-0.4, -0.2) is 33.5 Å². The third kappa shape index (κ3) is 3.88. The van der Waals surface area contributed by atoms with E-state index < -0.39 is 0 Å². The van der Waals surface area contributed by atoms with Crippen molar-refractivity contribution in [3.8, 4) is 11.5 Å². The molecule has 0 aromatic heterocycles. The first-order valence-electron chi connectivity index (χ1n) is 7.04. The quantitative estimate of drug-likeness (QED) is 0.626. The van der Waals surface area contributed by atoms with Gasteiger partial charge >= 0.3 is 5.97 Å². The standard InChI is InChI=1S/C18H19NO4/c1-12-9-16(21-2)17(22-3)10-14(12)11-19-15-7-5-13(6-8-15)18(20)23-4/h5-11H,1-4H3. The minimum atomic E-state index is -0.365. The average molecular weight is 313 g/mol. The monoisotopic (exact) mass is 313 g/mol. The second-order valence-corrected chi connectivity index (χ2v) is 4.86. The number of hydrogen-bond acceptors (Lipinski definition) is 5. The Bertz CT molecular complexity index is 721. The predicted molar refractivity (Wildman–Crippen MR) is 89.3 cm³/mol. The summed E-state index contributed by atoms with van der Waals surface area (Å²) in [6.45, 7) is 1.98. The van der Waals surface area contributed by atoms with Gasteiger partial charge in [0.1, 0.15) is 0 Å². The lowest BCUT2D eigenvalue weighted by Crippen LogP contribution is -1.99. The molecule has 0 aliphatic rings. The first-order chi connectivity index (χ1) is 11.1. The van der Waals surface area contributed by atoms with Gasteiger partial charge in [-0.05, 0) is 54.4 Å². The van der Waals surface area contributed by atoms with E-state index in [0.717, 1.165) is 16.8 Å². The molecular weight excluding hydrogens is 294 g/mol. The molecule has 2 aromatic carbocycles. The molecule has 0 amide bonds. The third-order valence-electron chi connectivity index (χ3n) is 3.41. The first-order valence-corrected chi connectivity index (χ1v) is 7.04. The molecule has 120 valence electrons. The molecule has 0 unspecified atom stereocenters. The number of rotatable bonds is 5. The molecule has 0 aliphatic heterocycles. The molecule has 0 bridgehead atoms. The average Bonchev–Trinajstić information content (AvgIpc) is 2.60. The Hall–Kier alpha value is -2.82. The van der Waals surface area contributed by atoms with Gasteiger partial charge in [-0.25, -0.2) is 4.79 Å². The van der Waals surface area contributed by atoms with E-state index in [1.807, 2.05) is 19.1 Å². The summed E-state index contributed by atoms with van der Waals surface area (Å²) in [5.41, 5.74) is 3.19. The van der Waals surface area contributed by atoms with Gasteiger partial charge in [0.25, 0.3) is 0 Å². The van der Waals surface area contributed by atoms with Crippen molar-refractivity contribution in [3.63, 3.8) is 0 Å². The van der Waals surface area contributed by atoms with Crippen molar-refractivity contribution >= 4 is 17.9 Å². The highest BCUT2D eigenvalue weighted by Crippen LogP contribution is 2.29. The van der Waals surface area contributed by atoms with E-state index in [0.29, 0.717) is 17.1 Å². The molecule has 2 aromatic rings. The van der Waals surface area contributed by atoms with Gasteiger partial charge in [0.15, 0.2) is 11.5 Å². The fourth-order valence-electron chi connectivity index (χ4n) is 2.08. The summed E-state index contributed by atoms with van der Waals surface area (Å²) in [5.74, 6) is 0.974. The van der Waals surface area contributed by atoms with Crippen molar-refractivity contribution in [2.24, 2.45) is 4.99 Å². The van der Waals surface area contributed by atoms with Gasteiger partial charge in [-0.3, -0.25) is 4.99 Å². The number of ether oxygens (including phenoxy) is 3. The van der Waals surface area contributed by atoms with Gasteiger partial charge in [0.2, 0.25) is 0 Å². The van der Waals surface area contributed by atoms with Gasteiger partial charge in [0, 0.05) is 6.21 Å². The van der Waals surface area contributed by atoms with Crippen molar-refractivity contribution in [2.75, 3.05) is 21.3 Å². The maximum Gasteiger partial charge on any atom is 0.337 e. The van der Waals surface area contributed by atoms with E-state index in [1.165, 1.54) is 7.11 Å². The van der Waals surface area contributed by atoms with E-state index in [9.17, 15) is 4.79 Å². The normalized spacial score (nSPS) is 10.6. The molecule has 5 heteroatoms. The lowest BCUT2D eigenvalue weighted by molar-refractivity contribution is 0.0601. The Kier molecular flexibility index (Phi) is 5.36. The molecular formula is C18H19NO4. The Morgan fingerprint density at radius 2 is 1.61 bits per heavy atom. The number of aliphatic imine (C=N–C) groups is 1. The van der Waals surface area contributed by atoms with Crippen molar-refractivity contribution in [1.29, 1.82) is 0 Å². The molecule has 0 atom stereocenters. The number of nitrogens with zero attached hydrogens (tertiary/aromatic N) is 1. The van der Waals surface area contributed by atoms with Crippen LogP contribution in [0.2, 0.25) is 0 Å². The smallest absolute Gasteiger partial charge is 0.337 e. The van der Waals surface area contributed by atoms with Gasteiger partial charge < -0.3 is 14.2 Å². The van der Waals surface area contributed by atoms with E-state index in [4.69, 9.17) is 9.47 Å². The summed E-state index contributed by atoms with van der Waals surface area (Å²) in [6.07, 6.45) is 1.75. The minimum Gasteiger partial charge on any atom is -0.493 e. The summed E-state index contributed by atoms with van der Waals surface area (Å²) in [7, 11) is 4.56. The van der Waals surface area contributed by atoms with E-state index >= 15 is 0 Å². The van der Waals surface area contributed by atoms with Crippen LogP contribution in [0, 0.1) is 6.92 Å². The molecule has 0 saturated carbocycles. The topological polar surface area (TPSA) is 57.1 Å². The highest BCUT2D eigenvalue weighted by molar-refractivity contribution is 5.90. The number of carbonyl (C=O) groups excluding carboxylic acids is 1. The second kappa shape index (κ2) is 7.45. The van der Waals surface area contributed by atoms with Gasteiger partial charge in [-0.2, -0.15) is 0 Å². The molecule has 0 heterocycles. The number of benzene rings is 2. The molecule has 0 radical (unpaired) electrons. The van der Waals surface area contributed by atoms with Crippen LogP contribution >= 0.6 is 0 Å². The molecule has 23 heavy (non-hydrogen) atoms. The lowest BCUT2D eigenvalue weighted by Gasteiger charge is -2.10. The van der Waals surface area contributed by atoms with Crippen LogP contribution in [0.25, 0.3) is 0 Å². The number of aryl methyl sites for hydroxylation is 1. The third-order valence-corrected chi connectivity index (χ3v) is 3.41. The zero-order valence-electron chi connectivity index (χ0n) is 13.6. The zero-order chi connectivity index (χ0) is 16.8. The van der Waals surface area contributed by atoms with Crippen LogP contribution < -0.4 is 9.47 Å². The van der Waals surface area contributed by atoms with Crippen molar-refractivity contribution in [3.05, 3.63) is 53.1 Å². The van der Waals surface area contributed by atoms with Crippen molar-refractivity contribution < 1.29 is 19.0 Å². The maximum absolute atomic E-state index is 11.4. The van der Waals surface area contributed by atoms with Gasteiger partial charge in [-0.1, -0.05) is 0 Å². The molecule has 5 nitrogen and oxygen atoms in total. The zero-order valence-corrected chi connectivity index (χ0v) is 13.6. The van der Waals surface area contributed by atoms with Crippen LogP contribution in [0.15, 0.2) is 41.4 Å². The van der Waals surface area contributed by atoms with Crippen LogP contribution in [0.3, 0.4) is 0 Å².